The van der Waals surface area contributed by atoms with Gasteiger partial charge in [-0.3, -0.25) is 9.69 Å². The van der Waals surface area contributed by atoms with Crippen LogP contribution in [-0.2, 0) is 11.3 Å². The second-order valence-corrected chi connectivity index (χ2v) is 6.14. The number of anilines is 1. The molecule has 21 heavy (non-hydrogen) atoms. The highest BCUT2D eigenvalue weighted by Crippen LogP contribution is 2.29. The Kier molecular flexibility index (Phi) is 4.12. The molecule has 1 aromatic carbocycles. The van der Waals surface area contributed by atoms with Gasteiger partial charge in [-0.1, -0.05) is 6.07 Å². The summed E-state index contributed by atoms with van der Waals surface area (Å²) in [6.07, 6.45) is 2.44. The number of hydrogen-bond donors (Lipinski definition) is 1. The Labute approximate surface area is 125 Å². The van der Waals surface area contributed by atoms with Crippen LogP contribution in [0.2, 0.25) is 0 Å². The Morgan fingerprint density at radius 2 is 2.10 bits per heavy atom. The van der Waals surface area contributed by atoms with E-state index in [2.05, 4.69) is 35.3 Å². The summed E-state index contributed by atoms with van der Waals surface area (Å²) in [7, 11) is 4.32. The van der Waals surface area contributed by atoms with Crippen molar-refractivity contribution in [2.75, 3.05) is 39.1 Å². The molecule has 0 spiro atoms. The molecule has 1 N–H and O–H groups in total. The molecular formula is C16H23N3O2. The molecule has 114 valence electrons. The molecule has 1 amide bonds. The van der Waals surface area contributed by atoms with Gasteiger partial charge in [0.15, 0.2) is 6.61 Å². The maximum atomic E-state index is 11.4. The molecule has 0 bridgehead atoms. The fourth-order valence-electron chi connectivity index (χ4n) is 3.08. The molecule has 0 radical (unpaired) electrons. The van der Waals surface area contributed by atoms with Crippen LogP contribution in [0.4, 0.5) is 5.69 Å². The fourth-order valence-corrected chi connectivity index (χ4v) is 3.08. The van der Waals surface area contributed by atoms with Crippen molar-refractivity contribution < 1.29 is 9.53 Å². The van der Waals surface area contributed by atoms with E-state index >= 15 is 0 Å². The van der Waals surface area contributed by atoms with Gasteiger partial charge in [0.05, 0.1) is 5.69 Å². The third kappa shape index (κ3) is 3.36. The summed E-state index contributed by atoms with van der Waals surface area (Å²) in [4.78, 5) is 16.2. The van der Waals surface area contributed by atoms with E-state index in [9.17, 15) is 4.79 Å². The highest BCUT2D eigenvalue weighted by molar-refractivity contribution is 5.95. The van der Waals surface area contributed by atoms with Gasteiger partial charge in [-0.25, -0.2) is 0 Å². The second kappa shape index (κ2) is 6.03. The van der Waals surface area contributed by atoms with Gasteiger partial charge in [0.1, 0.15) is 5.75 Å². The Morgan fingerprint density at radius 1 is 1.33 bits per heavy atom. The van der Waals surface area contributed by atoms with Crippen molar-refractivity contribution in [2.45, 2.75) is 25.4 Å². The maximum Gasteiger partial charge on any atom is 0.262 e. The van der Waals surface area contributed by atoms with E-state index < -0.39 is 0 Å². The molecule has 5 nitrogen and oxygen atoms in total. The number of likely N-dealkylation sites (tertiary alicyclic amines) is 1. The van der Waals surface area contributed by atoms with Crippen molar-refractivity contribution in [1.82, 2.24) is 9.80 Å². The van der Waals surface area contributed by atoms with Crippen molar-refractivity contribution >= 4 is 11.6 Å². The number of nitrogens with one attached hydrogen (secondary N) is 1. The van der Waals surface area contributed by atoms with Crippen molar-refractivity contribution in [3.05, 3.63) is 23.8 Å². The lowest BCUT2D eigenvalue weighted by Crippen LogP contribution is -2.41. The van der Waals surface area contributed by atoms with E-state index in [-0.39, 0.29) is 12.5 Å². The van der Waals surface area contributed by atoms with Gasteiger partial charge < -0.3 is 15.0 Å². The van der Waals surface area contributed by atoms with Crippen LogP contribution in [0.3, 0.4) is 0 Å². The van der Waals surface area contributed by atoms with Gasteiger partial charge in [0.2, 0.25) is 0 Å². The van der Waals surface area contributed by atoms with Crippen LogP contribution in [0.25, 0.3) is 0 Å². The van der Waals surface area contributed by atoms with Crippen LogP contribution in [0.5, 0.6) is 5.75 Å². The van der Waals surface area contributed by atoms with E-state index in [0.29, 0.717) is 6.04 Å². The minimum absolute atomic E-state index is 0.0774. The van der Waals surface area contributed by atoms with Crippen LogP contribution >= 0.6 is 0 Å². The van der Waals surface area contributed by atoms with Gasteiger partial charge in [-0.15, -0.1) is 0 Å². The van der Waals surface area contributed by atoms with Gasteiger partial charge >= 0.3 is 0 Å². The molecule has 2 aliphatic rings. The smallest absolute Gasteiger partial charge is 0.262 e. The molecule has 0 saturated carbocycles. The van der Waals surface area contributed by atoms with Crippen molar-refractivity contribution in [3.8, 4) is 5.75 Å². The molecule has 0 aliphatic carbocycles. The summed E-state index contributed by atoms with van der Waals surface area (Å²) in [5.41, 5.74) is 2.02. The lowest BCUT2D eigenvalue weighted by molar-refractivity contribution is -0.118. The molecule has 2 aliphatic heterocycles. The zero-order valence-corrected chi connectivity index (χ0v) is 12.8. The zero-order chi connectivity index (χ0) is 14.8. The quantitative estimate of drug-likeness (QED) is 0.917. The van der Waals surface area contributed by atoms with E-state index in [0.717, 1.165) is 31.1 Å². The van der Waals surface area contributed by atoms with E-state index in [1.54, 1.807) is 0 Å². The molecule has 2 heterocycles. The Hall–Kier alpha value is -1.59. The molecule has 5 heteroatoms. The first kappa shape index (κ1) is 14.4. The topological polar surface area (TPSA) is 44.8 Å². The largest absolute Gasteiger partial charge is 0.482 e. The maximum absolute atomic E-state index is 11.4. The predicted molar refractivity (Wildman–Crippen MR) is 82.6 cm³/mol. The number of hydrogen-bond acceptors (Lipinski definition) is 4. The van der Waals surface area contributed by atoms with Crippen LogP contribution in [0.1, 0.15) is 18.4 Å². The van der Waals surface area contributed by atoms with Crippen LogP contribution in [-0.4, -0.2) is 55.5 Å². The highest BCUT2D eigenvalue weighted by Gasteiger charge is 2.21. The molecular weight excluding hydrogens is 266 g/mol. The third-order valence-corrected chi connectivity index (χ3v) is 4.37. The fraction of sp³-hybridized carbons (Fsp3) is 0.562. The summed E-state index contributed by atoms with van der Waals surface area (Å²) in [6.45, 7) is 3.30. The molecule has 1 fully saturated rings. The number of piperidine rings is 1. The van der Waals surface area contributed by atoms with E-state index in [1.165, 1.54) is 18.4 Å². The number of carbonyl (C=O) groups is 1. The second-order valence-electron chi connectivity index (χ2n) is 6.14. The molecule has 1 saturated heterocycles. The summed E-state index contributed by atoms with van der Waals surface area (Å²) < 4.78 is 5.39. The van der Waals surface area contributed by atoms with Crippen molar-refractivity contribution in [1.29, 1.82) is 0 Å². The van der Waals surface area contributed by atoms with Crippen molar-refractivity contribution in [3.63, 3.8) is 0 Å². The van der Waals surface area contributed by atoms with E-state index in [1.807, 2.05) is 12.1 Å². The molecule has 0 unspecified atom stereocenters. The number of rotatable bonds is 3. The van der Waals surface area contributed by atoms with Crippen LogP contribution in [0, 0.1) is 0 Å². The van der Waals surface area contributed by atoms with Crippen LogP contribution in [0.15, 0.2) is 18.2 Å². The van der Waals surface area contributed by atoms with Gasteiger partial charge in [0, 0.05) is 12.6 Å². The lowest BCUT2D eigenvalue weighted by Gasteiger charge is -2.35. The summed E-state index contributed by atoms with van der Waals surface area (Å²) in [6, 6.07) is 6.78. The summed E-state index contributed by atoms with van der Waals surface area (Å²) >= 11 is 0. The number of ether oxygens (including phenoxy) is 1. The number of benzene rings is 1. The highest BCUT2D eigenvalue weighted by atomic mass is 16.5. The Bertz CT molecular complexity index is 522. The van der Waals surface area contributed by atoms with Gasteiger partial charge in [0.25, 0.3) is 5.91 Å². The molecule has 0 atom stereocenters. The number of nitrogens with zero attached hydrogens (tertiary/aromatic N) is 2. The summed E-state index contributed by atoms with van der Waals surface area (Å²) in [5.74, 6) is 0.691. The minimum Gasteiger partial charge on any atom is -0.482 e. The van der Waals surface area contributed by atoms with Gasteiger partial charge in [-0.2, -0.15) is 0 Å². The molecule has 1 aromatic rings. The average molecular weight is 289 g/mol. The number of fused-ring (bicyclic) bond motifs is 1. The third-order valence-electron chi connectivity index (χ3n) is 4.37. The van der Waals surface area contributed by atoms with E-state index in [4.69, 9.17) is 4.74 Å². The SMILES string of the molecule is CN(C)C1CCN(Cc2ccc3c(c2)NC(=O)CO3)CC1. The molecule has 0 aromatic heterocycles. The number of carbonyl (C=O) groups excluding carboxylic acids is 1. The van der Waals surface area contributed by atoms with Crippen LogP contribution < -0.4 is 10.1 Å². The zero-order valence-electron chi connectivity index (χ0n) is 12.8. The Morgan fingerprint density at radius 3 is 2.81 bits per heavy atom. The monoisotopic (exact) mass is 289 g/mol. The summed E-state index contributed by atoms with van der Waals surface area (Å²) in [5, 5.41) is 2.87. The molecule has 3 rings (SSSR count). The predicted octanol–water partition coefficient (Wildman–Crippen LogP) is 1.54. The first-order valence-corrected chi connectivity index (χ1v) is 7.56. The first-order valence-electron chi connectivity index (χ1n) is 7.56. The normalized spacial score (nSPS) is 20.0. The average Bonchev–Trinajstić information content (AvgIpc) is 2.47. The minimum atomic E-state index is -0.0774. The lowest BCUT2D eigenvalue weighted by atomic mass is 10.0. The Balaban J connectivity index is 1.61. The standard InChI is InChI=1S/C16H23N3O2/c1-18(2)13-5-7-19(8-6-13)10-12-3-4-15-14(9-12)17-16(20)11-21-15/h3-4,9,13H,5-8,10-11H2,1-2H3,(H,17,20). The van der Waals surface area contributed by atoms with Gasteiger partial charge in [-0.05, 0) is 57.7 Å². The van der Waals surface area contributed by atoms with Crippen molar-refractivity contribution in [2.24, 2.45) is 0 Å². The number of amides is 1. The first-order chi connectivity index (χ1) is 10.1.